The molecule has 0 aliphatic heterocycles. The third kappa shape index (κ3) is 6.86. The molecule has 0 nitrogen and oxygen atoms in total. The van der Waals surface area contributed by atoms with E-state index >= 15 is 0 Å². The third-order valence-corrected chi connectivity index (χ3v) is 2.67. The molecule has 0 N–H and O–H groups in total. The van der Waals surface area contributed by atoms with E-state index in [2.05, 4.69) is 41.2 Å². The summed E-state index contributed by atoms with van der Waals surface area (Å²) in [5.74, 6) is 0.752. The average Bonchev–Trinajstić information content (AvgIpc) is 1.95. The first kappa shape index (κ1) is 12.7. The van der Waals surface area contributed by atoms with Crippen LogP contribution in [0.1, 0.15) is 60.3 Å². The van der Waals surface area contributed by atoms with Crippen LogP contribution in [0.3, 0.4) is 0 Å². The van der Waals surface area contributed by atoms with Crippen LogP contribution in [-0.2, 0) is 0 Å². The molecule has 13 heavy (non-hydrogen) atoms. The number of hydrogen-bond acceptors (Lipinski definition) is 0. The summed E-state index contributed by atoms with van der Waals surface area (Å²) in [4.78, 5) is 0. The molecule has 1 unspecified atom stereocenters. The quantitative estimate of drug-likeness (QED) is 0.535. The largest absolute Gasteiger partial charge is 0.0999 e. The van der Waals surface area contributed by atoms with Gasteiger partial charge in [-0.15, -0.1) is 0 Å². The highest BCUT2D eigenvalue weighted by molar-refractivity contribution is 4.95. The first-order chi connectivity index (χ1) is 5.87. The van der Waals surface area contributed by atoms with E-state index < -0.39 is 0 Å². The van der Waals surface area contributed by atoms with Gasteiger partial charge in [-0.1, -0.05) is 46.3 Å². The second-order valence-electron chi connectivity index (χ2n) is 5.40. The maximum absolute atomic E-state index is 4.04. The Morgan fingerprint density at radius 1 is 1.31 bits per heavy atom. The van der Waals surface area contributed by atoms with Crippen LogP contribution in [0.15, 0.2) is 12.2 Å². The van der Waals surface area contributed by atoms with Gasteiger partial charge in [-0.25, -0.2) is 0 Å². The zero-order valence-corrected chi connectivity index (χ0v) is 10.1. The van der Waals surface area contributed by atoms with E-state index in [-0.39, 0.29) is 0 Å². The van der Waals surface area contributed by atoms with Crippen molar-refractivity contribution < 1.29 is 0 Å². The van der Waals surface area contributed by atoms with E-state index in [0.717, 1.165) is 5.92 Å². The van der Waals surface area contributed by atoms with Gasteiger partial charge in [0.15, 0.2) is 0 Å². The molecule has 0 fully saturated rings. The number of allylic oxidation sites excluding steroid dienone is 1. The van der Waals surface area contributed by atoms with Crippen molar-refractivity contribution >= 4 is 0 Å². The number of rotatable bonds is 5. The predicted octanol–water partition coefficient (Wildman–Crippen LogP) is 4.81. The Bertz CT molecular complexity index is 148. The summed E-state index contributed by atoms with van der Waals surface area (Å²) < 4.78 is 0. The summed E-state index contributed by atoms with van der Waals surface area (Å²) in [5.41, 5.74) is 1.85. The van der Waals surface area contributed by atoms with Crippen LogP contribution in [0, 0.1) is 11.3 Å². The molecular weight excluding hydrogens is 156 g/mol. The molecule has 1 atom stereocenters. The lowest BCUT2D eigenvalue weighted by Crippen LogP contribution is -2.07. The predicted molar refractivity (Wildman–Crippen MR) is 61.9 cm³/mol. The first-order valence-electron chi connectivity index (χ1n) is 5.52. The zero-order chi connectivity index (χ0) is 10.5. The van der Waals surface area contributed by atoms with Crippen molar-refractivity contribution in [2.45, 2.75) is 60.3 Å². The first-order valence-corrected chi connectivity index (χ1v) is 5.52. The van der Waals surface area contributed by atoms with Crippen molar-refractivity contribution in [3.8, 4) is 0 Å². The van der Waals surface area contributed by atoms with Crippen molar-refractivity contribution in [2.24, 2.45) is 11.3 Å². The minimum atomic E-state index is 0.493. The molecule has 0 heterocycles. The van der Waals surface area contributed by atoms with Crippen molar-refractivity contribution in [3.63, 3.8) is 0 Å². The maximum Gasteiger partial charge on any atom is -0.0211 e. The van der Waals surface area contributed by atoms with Gasteiger partial charge in [-0.3, -0.25) is 0 Å². The van der Waals surface area contributed by atoms with Gasteiger partial charge in [0, 0.05) is 0 Å². The van der Waals surface area contributed by atoms with Gasteiger partial charge in [0.05, 0.1) is 0 Å². The highest BCUT2D eigenvalue weighted by atomic mass is 14.2. The lowest BCUT2D eigenvalue weighted by atomic mass is 9.86. The smallest absolute Gasteiger partial charge is 0.0211 e. The fourth-order valence-corrected chi connectivity index (χ4v) is 1.68. The molecule has 0 aliphatic rings. The molecule has 0 bridgehead atoms. The van der Waals surface area contributed by atoms with E-state index in [1.54, 1.807) is 0 Å². The highest BCUT2D eigenvalue weighted by Crippen LogP contribution is 2.26. The summed E-state index contributed by atoms with van der Waals surface area (Å²) in [6.07, 6.45) is 5.24. The normalized spacial score (nSPS) is 14.2. The molecule has 0 saturated carbocycles. The lowest BCUT2D eigenvalue weighted by Gasteiger charge is -2.20. The SMILES string of the molecule is C=C(C)C(CC)CCCC(C)(C)C. The van der Waals surface area contributed by atoms with Crippen molar-refractivity contribution in [1.82, 2.24) is 0 Å². The molecule has 0 aromatic heterocycles. The molecule has 0 radical (unpaired) electrons. The summed E-state index contributed by atoms with van der Waals surface area (Å²) in [5, 5.41) is 0. The van der Waals surface area contributed by atoms with E-state index in [0.29, 0.717) is 5.41 Å². The molecule has 0 amide bonds. The fourth-order valence-electron chi connectivity index (χ4n) is 1.68. The van der Waals surface area contributed by atoms with Crippen molar-refractivity contribution in [1.29, 1.82) is 0 Å². The summed E-state index contributed by atoms with van der Waals surface area (Å²) in [6, 6.07) is 0. The fraction of sp³-hybridized carbons (Fsp3) is 0.846. The minimum absolute atomic E-state index is 0.493. The molecule has 0 aromatic carbocycles. The third-order valence-electron chi connectivity index (χ3n) is 2.67. The van der Waals surface area contributed by atoms with Crippen molar-refractivity contribution in [2.75, 3.05) is 0 Å². The Morgan fingerprint density at radius 2 is 1.85 bits per heavy atom. The van der Waals surface area contributed by atoms with Gasteiger partial charge in [-0.2, -0.15) is 0 Å². The molecule has 78 valence electrons. The van der Waals surface area contributed by atoms with Crippen LogP contribution in [0.5, 0.6) is 0 Å². The molecule has 0 aromatic rings. The molecular formula is C13H26. The lowest BCUT2D eigenvalue weighted by molar-refractivity contribution is 0.345. The second kappa shape index (κ2) is 5.47. The van der Waals surface area contributed by atoms with Gasteiger partial charge in [-0.05, 0) is 37.5 Å². The van der Waals surface area contributed by atoms with Gasteiger partial charge in [0.2, 0.25) is 0 Å². The van der Waals surface area contributed by atoms with Crippen molar-refractivity contribution in [3.05, 3.63) is 12.2 Å². The van der Waals surface area contributed by atoms with Gasteiger partial charge < -0.3 is 0 Å². The molecule has 0 saturated heterocycles. The van der Waals surface area contributed by atoms with Crippen LogP contribution in [0.2, 0.25) is 0 Å². The molecule has 0 spiro atoms. The second-order valence-corrected chi connectivity index (χ2v) is 5.40. The van der Waals surface area contributed by atoms with Crippen LogP contribution in [-0.4, -0.2) is 0 Å². The van der Waals surface area contributed by atoms with Gasteiger partial charge >= 0.3 is 0 Å². The molecule has 0 heteroatoms. The van der Waals surface area contributed by atoms with E-state index in [1.165, 1.54) is 31.3 Å². The van der Waals surface area contributed by atoms with E-state index in [9.17, 15) is 0 Å². The Hall–Kier alpha value is -0.260. The standard InChI is InChI=1S/C13H26/c1-7-12(11(2)3)9-8-10-13(4,5)6/h12H,2,7-10H2,1,3-6H3. The Balaban J connectivity index is 3.68. The van der Waals surface area contributed by atoms with Crippen LogP contribution >= 0.6 is 0 Å². The summed E-state index contributed by atoms with van der Waals surface area (Å²) in [6.45, 7) is 15.4. The molecule has 0 aliphatic carbocycles. The zero-order valence-electron chi connectivity index (χ0n) is 10.1. The summed E-state index contributed by atoms with van der Waals surface area (Å²) in [7, 11) is 0. The Labute approximate surface area is 84.4 Å². The van der Waals surface area contributed by atoms with Crippen LogP contribution < -0.4 is 0 Å². The van der Waals surface area contributed by atoms with E-state index in [1.807, 2.05) is 0 Å². The van der Waals surface area contributed by atoms with Gasteiger partial charge in [0.25, 0.3) is 0 Å². The summed E-state index contributed by atoms with van der Waals surface area (Å²) >= 11 is 0. The van der Waals surface area contributed by atoms with Gasteiger partial charge in [0.1, 0.15) is 0 Å². The van der Waals surface area contributed by atoms with Crippen LogP contribution in [0.4, 0.5) is 0 Å². The Kier molecular flexibility index (Phi) is 5.36. The molecule has 0 rings (SSSR count). The maximum atomic E-state index is 4.04. The van der Waals surface area contributed by atoms with Crippen LogP contribution in [0.25, 0.3) is 0 Å². The van der Waals surface area contributed by atoms with E-state index in [4.69, 9.17) is 0 Å². The topological polar surface area (TPSA) is 0 Å². The minimum Gasteiger partial charge on any atom is -0.0999 e. The number of hydrogen-bond donors (Lipinski definition) is 0. The monoisotopic (exact) mass is 182 g/mol. The Morgan fingerprint density at radius 3 is 2.15 bits per heavy atom. The highest BCUT2D eigenvalue weighted by Gasteiger charge is 2.12. The average molecular weight is 182 g/mol.